The van der Waals surface area contributed by atoms with Crippen molar-refractivity contribution < 1.29 is 27.8 Å². The van der Waals surface area contributed by atoms with E-state index >= 15 is 0 Å². The lowest BCUT2D eigenvalue weighted by Crippen LogP contribution is -2.39. The second-order valence-electron chi connectivity index (χ2n) is 7.11. The molecule has 178 valence electrons. The standard InChI is InChI=1S/C23H20F2N2O5S2/c1-4-31-21(29)18-12(2)26-23-27(19(18)16-6-5-9-33-16)20(28)17(34-23)11-13-7-8-14(32-22(24)25)15(10-13)30-3/h5-11,19,22H,4H2,1-3H3/b17-11+/t19-/m0/s1. The number of aromatic nitrogens is 1. The van der Waals surface area contributed by atoms with Crippen molar-refractivity contribution in [2.45, 2.75) is 26.5 Å². The molecular formula is C23H20F2N2O5S2. The van der Waals surface area contributed by atoms with Gasteiger partial charge >= 0.3 is 12.6 Å². The number of halogens is 2. The molecule has 0 N–H and O–H groups in total. The molecule has 7 nitrogen and oxygen atoms in total. The summed E-state index contributed by atoms with van der Waals surface area (Å²) in [6.45, 7) is 0.646. The van der Waals surface area contributed by atoms with Gasteiger partial charge in [0.2, 0.25) is 0 Å². The van der Waals surface area contributed by atoms with Gasteiger partial charge in [0.15, 0.2) is 16.3 Å². The number of rotatable bonds is 7. The zero-order valence-electron chi connectivity index (χ0n) is 18.4. The van der Waals surface area contributed by atoms with Gasteiger partial charge in [-0.25, -0.2) is 9.79 Å². The van der Waals surface area contributed by atoms with Crippen LogP contribution in [0.4, 0.5) is 8.78 Å². The van der Waals surface area contributed by atoms with Crippen LogP contribution in [0.5, 0.6) is 11.5 Å². The molecular weight excluding hydrogens is 486 g/mol. The summed E-state index contributed by atoms with van der Waals surface area (Å²) in [5.41, 5.74) is 1.03. The fourth-order valence-corrected chi connectivity index (χ4v) is 5.50. The Morgan fingerprint density at radius 1 is 1.29 bits per heavy atom. The van der Waals surface area contributed by atoms with E-state index in [0.29, 0.717) is 26.2 Å². The van der Waals surface area contributed by atoms with Crippen LogP contribution in [0.1, 0.15) is 30.3 Å². The van der Waals surface area contributed by atoms with Gasteiger partial charge in [-0.2, -0.15) is 8.78 Å². The molecule has 3 heterocycles. The zero-order valence-corrected chi connectivity index (χ0v) is 20.0. The fourth-order valence-electron chi connectivity index (χ4n) is 3.63. The van der Waals surface area contributed by atoms with E-state index in [9.17, 15) is 18.4 Å². The summed E-state index contributed by atoms with van der Waals surface area (Å²) in [7, 11) is 1.34. The van der Waals surface area contributed by atoms with Gasteiger partial charge in [-0.3, -0.25) is 9.36 Å². The minimum atomic E-state index is -2.99. The van der Waals surface area contributed by atoms with E-state index < -0.39 is 18.6 Å². The first-order valence-electron chi connectivity index (χ1n) is 10.2. The van der Waals surface area contributed by atoms with Crippen LogP contribution in [0.2, 0.25) is 0 Å². The Morgan fingerprint density at radius 2 is 2.09 bits per heavy atom. The highest BCUT2D eigenvalue weighted by molar-refractivity contribution is 7.10. The lowest BCUT2D eigenvalue weighted by molar-refractivity contribution is -0.139. The summed E-state index contributed by atoms with van der Waals surface area (Å²) in [4.78, 5) is 32.0. The van der Waals surface area contributed by atoms with E-state index in [1.165, 1.54) is 46.5 Å². The number of nitrogens with zero attached hydrogens (tertiary/aromatic N) is 2. The lowest BCUT2D eigenvalue weighted by Gasteiger charge is -2.23. The Labute approximate surface area is 200 Å². The first kappa shape index (κ1) is 23.8. The van der Waals surface area contributed by atoms with E-state index in [4.69, 9.17) is 9.47 Å². The van der Waals surface area contributed by atoms with Gasteiger partial charge in [0.1, 0.15) is 6.04 Å². The average molecular weight is 507 g/mol. The van der Waals surface area contributed by atoms with Crippen molar-refractivity contribution in [3.63, 3.8) is 0 Å². The number of benzene rings is 1. The number of alkyl halides is 2. The normalized spacial score (nSPS) is 15.8. The van der Waals surface area contributed by atoms with Crippen molar-refractivity contribution >= 4 is 34.7 Å². The molecule has 1 aromatic carbocycles. The Hall–Kier alpha value is -3.31. The number of thiazole rings is 1. The molecule has 0 saturated carbocycles. The summed E-state index contributed by atoms with van der Waals surface area (Å²) < 4.78 is 41.9. The number of methoxy groups -OCH3 is 1. The van der Waals surface area contributed by atoms with Crippen molar-refractivity contribution in [2.75, 3.05) is 13.7 Å². The van der Waals surface area contributed by atoms with Crippen LogP contribution in [0.15, 0.2) is 56.8 Å². The molecule has 0 amide bonds. The maximum absolute atomic E-state index is 13.5. The highest BCUT2D eigenvalue weighted by Crippen LogP contribution is 2.33. The molecule has 0 fully saturated rings. The summed E-state index contributed by atoms with van der Waals surface area (Å²) in [6.07, 6.45) is 1.62. The molecule has 0 aliphatic carbocycles. The number of esters is 1. The number of thiophene rings is 1. The second-order valence-corrected chi connectivity index (χ2v) is 9.09. The maximum Gasteiger partial charge on any atom is 0.387 e. The van der Waals surface area contributed by atoms with Gasteiger partial charge in [0.05, 0.1) is 29.5 Å². The Kier molecular flexibility index (Phi) is 6.94. The first-order valence-corrected chi connectivity index (χ1v) is 11.9. The van der Waals surface area contributed by atoms with E-state index in [1.807, 2.05) is 17.5 Å². The molecule has 1 aliphatic rings. The van der Waals surface area contributed by atoms with Crippen LogP contribution in [0, 0.1) is 0 Å². The topological polar surface area (TPSA) is 79.1 Å². The molecule has 0 saturated heterocycles. The molecule has 0 unspecified atom stereocenters. The molecule has 2 aromatic heterocycles. The van der Waals surface area contributed by atoms with Gasteiger partial charge in [0.25, 0.3) is 5.56 Å². The maximum atomic E-state index is 13.5. The van der Waals surface area contributed by atoms with E-state index in [-0.39, 0.29) is 23.7 Å². The predicted molar refractivity (Wildman–Crippen MR) is 124 cm³/mol. The second kappa shape index (κ2) is 9.90. The van der Waals surface area contributed by atoms with Gasteiger partial charge in [-0.1, -0.05) is 23.5 Å². The highest BCUT2D eigenvalue weighted by atomic mass is 32.1. The van der Waals surface area contributed by atoms with Crippen molar-refractivity contribution in [1.29, 1.82) is 0 Å². The lowest BCUT2D eigenvalue weighted by atomic mass is 10.0. The molecule has 3 aromatic rings. The monoisotopic (exact) mass is 506 g/mol. The largest absolute Gasteiger partial charge is 0.493 e. The van der Waals surface area contributed by atoms with Crippen molar-refractivity contribution in [3.05, 3.63) is 77.1 Å². The Bertz CT molecular complexity index is 1420. The molecule has 1 aliphatic heterocycles. The molecule has 0 spiro atoms. The molecule has 0 radical (unpaired) electrons. The number of fused-ring (bicyclic) bond motifs is 1. The first-order chi connectivity index (χ1) is 16.3. The number of ether oxygens (including phenoxy) is 3. The number of allylic oxidation sites excluding steroid dienone is 1. The minimum Gasteiger partial charge on any atom is -0.493 e. The van der Waals surface area contributed by atoms with Gasteiger partial charge in [-0.05, 0) is 49.1 Å². The van der Waals surface area contributed by atoms with Crippen LogP contribution in [-0.4, -0.2) is 30.9 Å². The van der Waals surface area contributed by atoms with E-state index in [0.717, 1.165) is 4.88 Å². The minimum absolute atomic E-state index is 0.108. The van der Waals surface area contributed by atoms with Gasteiger partial charge < -0.3 is 14.2 Å². The Balaban J connectivity index is 1.85. The average Bonchev–Trinajstić information content (AvgIpc) is 3.42. The third-order valence-electron chi connectivity index (χ3n) is 5.03. The quantitative estimate of drug-likeness (QED) is 0.459. The summed E-state index contributed by atoms with van der Waals surface area (Å²) in [5, 5.41) is 1.87. The summed E-state index contributed by atoms with van der Waals surface area (Å²) in [5.74, 6) is -0.516. The molecule has 0 bridgehead atoms. The van der Waals surface area contributed by atoms with E-state index in [2.05, 4.69) is 9.73 Å². The molecule has 1 atom stereocenters. The smallest absolute Gasteiger partial charge is 0.387 e. The van der Waals surface area contributed by atoms with Crippen LogP contribution in [0.25, 0.3) is 6.08 Å². The molecule has 4 rings (SSSR count). The van der Waals surface area contributed by atoms with Gasteiger partial charge in [0, 0.05) is 4.88 Å². The van der Waals surface area contributed by atoms with Crippen LogP contribution < -0.4 is 24.4 Å². The van der Waals surface area contributed by atoms with Crippen LogP contribution in [0.3, 0.4) is 0 Å². The Morgan fingerprint density at radius 3 is 2.74 bits per heavy atom. The third kappa shape index (κ3) is 4.53. The van der Waals surface area contributed by atoms with Crippen LogP contribution in [-0.2, 0) is 9.53 Å². The van der Waals surface area contributed by atoms with E-state index in [1.54, 1.807) is 26.0 Å². The van der Waals surface area contributed by atoms with Gasteiger partial charge in [-0.15, -0.1) is 11.3 Å². The third-order valence-corrected chi connectivity index (χ3v) is 6.94. The fraction of sp³-hybridized carbons (Fsp3) is 0.261. The van der Waals surface area contributed by atoms with Crippen LogP contribution >= 0.6 is 22.7 Å². The SMILES string of the molecule is CCOC(=O)C1=C(C)N=c2s/c(=C/c3ccc(OC(F)F)c(OC)c3)c(=O)n2[C@H]1c1cccs1. The molecule has 11 heteroatoms. The van der Waals surface area contributed by atoms with Crippen molar-refractivity contribution in [1.82, 2.24) is 4.57 Å². The summed E-state index contributed by atoms with van der Waals surface area (Å²) in [6, 6.07) is 7.45. The number of hydrogen-bond donors (Lipinski definition) is 0. The van der Waals surface area contributed by atoms with Crippen molar-refractivity contribution in [2.24, 2.45) is 4.99 Å². The number of carbonyl (C=O) groups excluding carboxylic acids is 1. The predicted octanol–water partition coefficient (Wildman–Crippen LogP) is 3.47. The zero-order chi connectivity index (χ0) is 24.4. The number of carbonyl (C=O) groups is 1. The highest BCUT2D eigenvalue weighted by Gasteiger charge is 2.33. The number of hydrogen-bond acceptors (Lipinski definition) is 8. The van der Waals surface area contributed by atoms with Crippen molar-refractivity contribution in [3.8, 4) is 11.5 Å². The molecule has 34 heavy (non-hydrogen) atoms. The summed E-state index contributed by atoms with van der Waals surface area (Å²) >= 11 is 2.60.